The van der Waals surface area contributed by atoms with E-state index < -0.39 is 11.6 Å². The maximum absolute atomic E-state index is 13.3. The number of benzene rings is 1. The Hall–Kier alpha value is -3.48. The molecular formula is C23H20N2O5. The van der Waals surface area contributed by atoms with Gasteiger partial charge in [0.2, 0.25) is 0 Å². The Morgan fingerprint density at radius 2 is 2.03 bits per heavy atom. The molecule has 1 atom stereocenters. The van der Waals surface area contributed by atoms with Gasteiger partial charge >= 0.3 is 5.97 Å². The van der Waals surface area contributed by atoms with Gasteiger partial charge in [-0.05, 0) is 30.2 Å². The first-order valence-corrected chi connectivity index (χ1v) is 9.95. The Morgan fingerprint density at radius 1 is 1.20 bits per heavy atom. The van der Waals surface area contributed by atoms with Crippen LogP contribution >= 0.6 is 0 Å². The van der Waals surface area contributed by atoms with Crippen LogP contribution in [0.5, 0.6) is 0 Å². The Labute approximate surface area is 172 Å². The predicted octanol–water partition coefficient (Wildman–Crippen LogP) is 2.74. The lowest BCUT2D eigenvalue weighted by atomic mass is 9.86. The molecule has 0 N–H and O–H groups in total. The van der Waals surface area contributed by atoms with Crippen LogP contribution in [0.25, 0.3) is 22.3 Å². The van der Waals surface area contributed by atoms with Crippen LogP contribution in [0.1, 0.15) is 36.5 Å². The molecule has 2 aliphatic rings. The molecule has 0 bridgehead atoms. The highest BCUT2D eigenvalue weighted by atomic mass is 16.6. The summed E-state index contributed by atoms with van der Waals surface area (Å²) in [6.07, 6.45) is 0.663. The molecule has 0 amide bonds. The van der Waals surface area contributed by atoms with Gasteiger partial charge in [0.15, 0.2) is 0 Å². The van der Waals surface area contributed by atoms with Gasteiger partial charge in [-0.1, -0.05) is 25.1 Å². The fourth-order valence-corrected chi connectivity index (χ4v) is 4.47. The third-order valence-corrected chi connectivity index (χ3v) is 6.17. The van der Waals surface area contributed by atoms with Crippen molar-refractivity contribution in [2.24, 2.45) is 0 Å². The Bertz CT molecular complexity index is 1260. The molecule has 1 unspecified atom stereocenters. The van der Waals surface area contributed by atoms with Crippen molar-refractivity contribution < 1.29 is 19.1 Å². The summed E-state index contributed by atoms with van der Waals surface area (Å²) in [7, 11) is 0. The van der Waals surface area contributed by atoms with Crippen molar-refractivity contribution in [2.45, 2.75) is 44.9 Å². The average Bonchev–Trinajstić information content (AvgIpc) is 3.08. The fourth-order valence-electron chi connectivity index (χ4n) is 4.47. The number of hydrogen-bond donors (Lipinski definition) is 0. The third kappa shape index (κ3) is 2.81. The van der Waals surface area contributed by atoms with Gasteiger partial charge in [0.05, 0.1) is 35.4 Å². The largest absolute Gasteiger partial charge is 0.460 e. The van der Waals surface area contributed by atoms with Crippen molar-refractivity contribution in [1.29, 1.82) is 0 Å². The first-order valence-electron chi connectivity index (χ1n) is 9.95. The van der Waals surface area contributed by atoms with E-state index in [-0.39, 0.29) is 25.0 Å². The lowest BCUT2D eigenvalue weighted by Gasteiger charge is -2.32. The molecule has 0 saturated carbocycles. The summed E-state index contributed by atoms with van der Waals surface area (Å²) >= 11 is 0. The molecule has 30 heavy (non-hydrogen) atoms. The number of ether oxygens (including phenoxy) is 2. The molecule has 0 fully saturated rings. The maximum Gasteiger partial charge on any atom is 0.310 e. The van der Waals surface area contributed by atoms with Gasteiger partial charge in [0.25, 0.3) is 12.0 Å². The molecule has 0 aliphatic carbocycles. The molecule has 2 aromatic heterocycles. The Kier molecular flexibility index (Phi) is 4.20. The number of esters is 1. The van der Waals surface area contributed by atoms with Crippen molar-refractivity contribution in [3.8, 4) is 11.4 Å². The van der Waals surface area contributed by atoms with E-state index in [0.717, 1.165) is 33.4 Å². The van der Waals surface area contributed by atoms with Crippen LogP contribution in [0, 0.1) is 0 Å². The highest BCUT2D eigenvalue weighted by Crippen LogP contribution is 2.35. The van der Waals surface area contributed by atoms with E-state index in [1.54, 1.807) is 4.57 Å². The quantitative estimate of drug-likeness (QED) is 0.385. The lowest BCUT2D eigenvalue weighted by molar-refractivity contribution is -0.159. The smallest absolute Gasteiger partial charge is 0.310 e. The number of carbonyl (C=O) groups excluding carboxylic acids is 2. The highest BCUT2D eigenvalue weighted by molar-refractivity contribution is 5.84. The van der Waals surface area contributed by atoms with E-state index in [4.69, 9.17) is 14.5 Å². The van der Waals surface area contributed by atoms with Crippen molar-refractivity contribution >= 4 is 23.3 Å². The molecule has 0 saturated heterocycles. The second kappa shape index (κ2) is 6.79. The van der Waals surface area contributed by atoms with Crippen molar-refractivity contribution in [1.82, 2.24) is 9.55 Å². The molecule has 5 rings (SSSR count). The lowest BCUT2D eigenvalue weighted by Crippen LogP contribution is -2.40. The summed E-state index contributed by atoms with van der Waals surface area (Å²) in [6.45, 7) is 2.55. The van der Waals surface area contributed by atoms with Gasteiger partial charge < -0.3 is 14.0 Å². The fraction of sp³-hybridized carbons (Fsp3) is 0.304. The number of carbonyl (C=O) groups is 2. The summed E-state index contributed by atoms with van der Waals surface area (Å²) in [5.41, 5.74) is 3.29. The third-order valence-electron chi connectivity index (χ3n) is 6.17. The molecule has 2 aliphatic heterocycles. The molecule has 0 spiro atoms. The zero-order valence-corrected chi connectivity index (χ0v) is 16.5. The predicted molar refractivity (Wildman–Crippen MR) is 109 cm³/mol. The number of nitrogens with zero attached hydrogens (tertiary/aromatic N) is 2. The first-order chi connectivity index (χ1) is 14.5. The summed E-state index contributed by atoms with van der Waals surface area (Å²) in [5.74, 6) is -0.481. The van der Waals surface area contributed by atoms with Crippen LogP contribution in [0.3, 0.4) is 0 Å². The monoisotopic (exact) mass is 404 g/mol. The normalized spacial score (nSPS) is 19.8. The molecule has 3 aromatic rings. The van der Waals surface area contributed by atoms with Crippen LogP contribution in [-0.4, -0.2) is 27.6 Å². The standard InChI is InChI=1S/C23H20N2O5/c1-2-23(30-13-26)9-15-8-19-21-16(7-14-5-3-4-6-18(14)24-21)11-25(19)22(28)17(15)12-29-20(27)10-23/h3-8,13H,2,9-12H2,1H3. The van der Waals surface area contributed by atoms with Crippen LogP contribution in [-0.2, 0) is 38.6 Å². The van der Waals surface area contributed by atoms with Crippen LogP contribution in [0.4, 0.5) is 0 Å². The van der Waals surface area contributed by atoms with Gasteiger partial charge in [-0.25, -0.2) is 4.98 Å². The molecule has 152 valence electrons. The minimum Gasteiger partial charge on any atom is -0.460 e. The summed E-state index contributed by atoms with van der Waals surface area (Å²) in [6, 6.07) is 11.8. The zero-order chi connectivity index (χ0) is 20.9. The van der Waals surface area contributed by atoms with Crippen molar-refractivity contribution in [3.05, 3.63) is 63.4 Å². The minimum absolute atomic E-state index is 0.0421. The summed E-state index contributed by atoms with van der Waals surface area (Å²) < 4.78 is 12.4. The van der Waals surface area contributed by atoms with Gasteiger partial charge in [0.1, 0.15) is 12.2 Å². The van der Waals surface area contributed by atoms with Gasteiger partial charge in [0, 0.05) is 17.4 Å². The van der Waals surface area contributed by atoms with Crippen LogP contribution in [0.2, 0.25) is 0 Å². The molecule has 7 nitrogen and oxygen atoms in total. The van der Waals surface area contributed by atoms with Crippen molar-refractivity contribution in [2.75, 3.05) is 0 Å². The number of fused-ring (bicyclic) bond motifs is 5. The number of pyridine rings is 2. The number of cyclic esters (lactones) is 1. The first kappa shape index (κ1) is 18.5. The van der Waals surface area contributed by atoms with Gasteiger partial charge in [-0.15, -0.1) is 0 Å². The average molecular weight is 404 g/mol. The topological polar surface area (TPSA) is 87.5 Å². The van der Waals surface area contributed by atoms with Gasteiger partial charge in [-0.3, -0.25) is 14.4 Å². The van der Waals surface area contributed by atoms with Crippen molar-refractivity contribution in [3.63, 3.8) is 0 Å². The summed E-state index contributed by atoms with van der Waals surface area (Å²) in [4.78, 5) is 41.5. The molecule has 4 heterocycles. The number of aromatic nitrogens is 2. The van der Waals surface area contributed by atoms with E-state index in [0.29, 0.717) is 25.0 Å². The van der Waals surface area contributed by atoms with E-state index in [2.05, 4.69) is 6.07 Å². The number of para-hydroxylation sites is 1. The Morgan fingerprint density at radius 3 is 2.83 bits per heavy atom. The SMILES string of the molecule is CCC1(OC=O)CC(=O)OCc2c(cc3n(c2=O)Cc2cc4ccccc4nc2-3)C1. The molecule has 0 radical (unpaired) electrons. The maximum atomic E-state index is 13.3. The highest BCUT2D eigenvalue weighted by Gasteiger charge is 2.38. The summed E-state index contributed by atoms with van der Waals surface area (Å²) in [5, 5.41) is 1.02. The van der Waals surface area contributed by atoms with Gasteiger partial charge in [-0.2, -0.15) is 0 Å². The number of rotatable bonds is 3. The Balaban J connectivity index is 1.70. The molecule has 7 heteroatoms. The second-order valence-electron chi connectivity index (χ2n) is 7.88. The zero-order valence-electron chi connectivity index (χ0n) is 16.5. The minimum atomic E-state index is -1.03. The van der Waals surface area contributed by atoms with E-state index in [1.807, 2.05) is 37.3 Å². The van der Waals surface area contributed by atoms with Crippen LogP contribution < -0.4 is 5.56 Å². The second-order valence-corrected chi connectivity index (χ2v) is 7.88. The molecular weight excluding hydrogens is 384 g/mol. The van der Waals surface area contributed by atoms with E-state index in [1.165, 1.54) is 0 Å². The van der Waals surface area contributed by atoms with E-state index in [9.17, 15) is 14.4 Å². The van der Waals surface area contributed by atoms with E-state index >= 15 is 0 Å². The van der Waals surface area contributed by atoms with Crippen LogP contribution in [0.15, 0.2) is 41.2 Å². The molecule has 1 aromatic carbocycles. The number of hydrogen-bond acceptors (Lipinski definition) is 6.